The molecule has 1 aromatic heterocycles. The highest BCUT2D eigenvalue weighted by Gasteiger charge is 2.23. The highest BCUT2D eigenvalue weighted by molar-refractivity contribution is 5.80. The van der Waals surface area contributed by atoms with Gasteiger partial charge in [0.25, 0.3) is 0 Å². The molecule has 1 aliphatic heterocycles. The second-order valence-electron chi connectivity index (χ2n) is 6.00. The van der Waals surface area contributed by atoms with E-state index in [0.717, 1.165) is 35.8 Å². The summed E-state index contributed by atoms with van der Waals surface area (Å²) in [5, 5.41) is 10.5. The maximum Gasteiger partial charge on any atom is 0.169 e. The van der Waals surface area contributed by atoms with E-state index >= 15 is 0 Å². The normalized spacial score (nSPS) is 21.6. The highest BCUT2D eigenvalue weighted by atomic mass is 15.1. The lowest BCUT2D eigenvalue weighted by atomic mass is 10.2. The van der Waals surface area contributed by atoms with Gasteiger partial charge in [-0.1, -0.05) is 12.1 Å². The molecule has 2 aliphatic rings. The molecular formula is C16H21N5. The van der Waals surface area contributed by atoms with Crippen LogP contribution < -0.4 is 16.0 Å². The van der Waals surface area contributed by atoms with Crippen LogP contribution in [0.5, 0.6) is 0 Å². The van der Waals surface area contributed by atoms with Crippen molar-refractivity contribution in [2.24, 2.45) is 0 Å². The van der Waals surface area contributed by atoms with Gasteiger partial charge < -0.3 is 16.0 Å². The topological polar surface area (TPSA) is 61.9 Å². The van der Waals surface area contributed by atoms with Crippen molar-refractivity contribution in [3.63, 3.8) is 0 Å². The molecule has 1 saturated heterocycles. The number of fused-ring (bicyclic) bond motifs is 1. The van der Waals surface area contributed by atoms with Crippen LogP contribution in [0.3, 0.4) is 0 Å². The van der Waals surface area contributed by atoms with E-state index in [1.54, 1.807) is 0 Å². The third kappa shape index (κ3) is 2.93. The van der Waals surface area contributed by atoms with E-state index in [9.17, 15) is 0 Å². The molecule has 1 atom stereocenters. The summed E-state index contributed by atoms with van der Waals surface area (Å²) in [4.78, 5) is 9.50. The van der Waals surface area contributed by atoms with Gasteiger partial charge in [0.1, 0.15) is 0 Å². The Hall–Kier alpha value is -1.88. The number of anilines is 2. The number of benzene rings is 1. The predicted molar refractivity (Wildman–Crippen MR) is 85.7 cm³/mol. The van der Waals surface area contributed by atoms with E-state index < -0.39 is 0 Å². The number of hydrogen-bond donors (Lipinski definition) is 3. The van der Waals surface area contributed by atoms with Crippen LogP contribution in [-0.2, 0) is 0 Å². The Morgan fingerprint density at radius 1 is 1.05 bits per heavy atom. The molecule has 0 bridgehead atoms. The first-order chi connectivity index (χ1) is 10.4. The molecule has 0 unspecified atom stereocenters. The molecule has 2 fully saturated rings. The summed E-state index contributed by atoms with van der Waals surface area (Å²) >= 11 is 0. The molecule has 0 spiro atoms. The third-order valence-corrected chi connectivity index (χ3v) is 4.17. The number of hydrogen-bond acceptors (Lipinski definition) is 5. The van der Waals surface area contributed by atoms with Gasteiger partial charge in [0.2, 0.25) is 0 Å². The quantitative estimate of drug-likeness (QED) is 0.786. The van der Waals surface area contributed by atoms with Gasteiger partial charge in [-0.25, -0.2) is 9.97 Å². The SMILES string of the molecule is c1ccc2nc(NC3CC3)c(NC[C@@H]3CCCN3)nc2c1. The molecule has 1 aromatic carbocycles. The standard InChI is InChI=1S/C16H21N5/c1-2-6-14-13(5-1)20-15(16(21-14)19-11-7-8-11)18-10-12-4-3-9-17-12/h1-2,5-6,11-12,17H,3-4,7-10H2,(H,18,20)(H,19,21)/t12-/m0/s1. The fourth-order valence-corrected chi connectivity index (χ4v) is 2.80. The van der Waals surface area contributed by atoms with Crippen LogP contribution in [0, 0.1) is 0 Å². The first kappa shape index (κ1) is 12.8. The Morgan fingerprint density at radius 2 is 1.81 bits per heavy atom. The molecule has 2 aromatic rings. The van der Waals surface area contributed by atoms with Gasteiger partial charge in [0.15, 0.2) is 11.6 Å². The van der Waals surface area contributed by atoms with E-state index in [0.29, 0.717) is 12.1 Å². The van der Waals surface area contributed by atoms with Gasteiger partial charge in [-0.05, 0) is 44.4 Å². The average Bonchev–Trinajstić information content (AvgIpc) is 3.17. The van der Waals surface area contributed by atoms with Crippen molar-refractivity contribution < 1.29 is 0 Å². The maximum absolute atomic E-state index is 4.75. The molecule has 110 valence electrons. The van der Waals surface area contributed by atoms with Crippen molar-refractivity contribution in [1.29, 1.82) is 0 Å². The minimum absolute atomic E-state index is 0.548. The molecule has 4 rings (SSSR count). The smallest absolute Gasteiger partial charge is 0.169 e. The Morgan fingerprint density at radius 3 is 2.48 bits per heavy atom. The molecule has 21 heavy (non-hydrogen) atoms. The van der Waals surface area contributed by atoms with Gasteiger partial charge in [-0.15, -0.1) is 0 Å². The summed E-state index contributed by atoms with van der Waals surface area (Å²) in [6.07, 6.45) is 4.97. The zero-order valence-corrected chi connectivity index (χ0v) is 12.1. The van der Waals surface area contributed by atoms with Gasteiger partial charge in [-0.2, -0.15) is 0 Å². The molecule has 1 aliphatic carbocycles. The van der Waals surface area contributed by atoms with Crippen molar-refractivity contribution in [2.45, 2.75) is 37.8 Å². The van der Waals surface area contributed by atoms with E-state index in [2.05, 4.69) is 16.0 Å². The number of para-hydroxylation sites is 2. The van der Waals surface area contributed by atoms with E-state index in [4.69, 9.17) is 9.97 Å². The Balaban J connectivity index is 1.59. The van der Waals surface area contributed by atoms with E-state index in [1.165, 1.54) is 25.7 Å². The summed E-state index contributed by atoms with van der Waals surface area (Å²) in [7, 11) is 0. The van der Waals surface area contributed by atoms with Crippen LogP contribution in [0.2, 0.25) is 0 Å². The van der Waals surface area contributed by atoms with Gasteiger partial charge in [0.05, 0.1) is 11.0 Å². The lowest BCUT2D eigenvalue weighted by Crippen LogP contribution is -2.29. The second kappa shape index (κ2) is 5.48. The summed E-state index contributed by atoms with van der Waals surface area (Å²) in [5.74, 6) is 1.78. The number of nitrogens with one attached hydrogen (secondary N) is 3. The fraction of sp³-hybridized carbons (Fsp3) is 0.500. The highest BCUT2D eigenvalue weighted by Crippen LogP contribution is 2.28. The largest absolute Gasteiger partial charge is 0.365 e. The van der Waals surface area contributed by atoms with Crippen molar-refractivity contribution in [1.82, 2.24) is 15.3 Å². The number of nitrogens with zero attached hydrogens (tertiary/aromatic N) is 2. The fourth-order valence-electron chi connectivity index (χ4n) is 2.80. The van der Waals surface area contributed by atoms with Crippen LogP contribution in [0.1, 0.15) is 25.7 Å². The number of aromatic nitrogens is 2. The first-order valence-corrected chi connectivity index (χ1v) is 7.89. The zero-order valence-electron chi connectivity index (χ0n) is 12.1. The second-order valence-corrected chi connectivity index (χ2v) is 6.00. The van der Waals surface area contributed by atoms with Crippen molar-refractivity contribution in [3.8, 4) is 0 Å². The minimum atomic E-state index is 0.548. The molecule has 3 N–H and O–H groups in total. The molecule has 5 nitrogen and oxygen atoms in total. The number of rotatable bonds is 5. The average molecular weight is 283 g/mol. The van der Waals surface area contributed by atoms with Gasteiger partial charge in [-0.3, -0.25) is 0 Å². The minimum Gasteiger partial charge on any atom is -0.365 e. The van der Waals surface area contributed by atoms with Crippen LogP contribution in [0.25, 0.3) is 11.0 Å². The van der Waals surface area contributed by atoms with E-state index in [1.807, 2.05) is 24.3 Å². The molecule has 0 amide bonds. The molecule has 1 saturated carbocycles. The summed E-state index contributed by atoms with van der Waals surface area (Å²) in [6, 6.07) is 9.17. The lowest BCUT2D eigenvalue weighted by molar-refractivity contribution is 0.632. The van der Waals surface area contributed by atoms with Crippen molar-refractivity contribution in [3.05, 3.63) is 24.3 Å². The summed E-state index contributed by atoms with van der Waals surface area (Å²) in [5.41, 5.74) is 1.89. The Labute approximate surface area is 124 Å². The van der Waals surface area contributed by atoms with Crippen LogP contribution in [0.15, 0.2) is 24.3 Å². The lowest BCUT2D eigenvalue weighted by Gasteiger charge is -2.15. The first-order valence-electron chi connectivity index (χ1n) is 7.89. The zero-order chi connectivity index (χ0) is 14.1. The Kier molecular flexibility index (Phi) is 3.35. The molecule has 2 heterocycles. The van der Waals surface area contributed by atoms with Crippen LogP contribution >= 0.6 is 0 Å². The molecule has 5 heteroatoms. The van der Waals surface area contributed by atoms with Gasteiger partial charge in [0, 0.05) is 18.6 Å². The maximum atomic E-state index is 4.75. The van der Waals surface area contributed by atoms with Crippen molar-refractivity contribution >= 4 is 22.7 Å². The molecular weight excluding hydrogens is 262 g/mol. The van der Waals surface area contributed by atoms with Crippen molar-refractivity contribution in [2.75, 3.05) is 23.7 Å². The Bertz CT molecular complexity index is 632. The van der Waals surface area contributed by atoms with Crippen LogP contribution in [-0.4, -0.2) is 35.1 Å². The summed E-state index contributed by atoms with van der Waals surface area (Å²) in [6.45, 7) is 2.04. The predicted octanol–water partition coefficient (Wildman–Crippen LogP) is 2.37. The monoisotopic (exact) mass is 283 g/mol. The summed E-state index contributed by atoms with van der Waals surface area (Å²) < 4.78 is 0. The van der Waals surface area contributed by atoms with Gasteiger partial charge >= 0.3 is 0 Å². The van der Waals surface area contributed by atoms with Crippen LogP contribution in [0.4, 0.5) is 11.6 Å². The molecule has 0 radical (unpaired) electrons. The third-order valence-electron chi connectivity index (χ3n) is 4.17. The van der Waals surface area contributed by atoms with E-state index in [-0.39, 0.29) is 0 Å².